The number of anilines is 3. The maximum atomic E-state index is 13.0. The van der Waals surface area contributed by atoms with Crippen molar-refractivity contribution >= 4 is 44.2 Å². The predicted molar refractivity (Wildman–Crippen MR) is 132 cm³/mol. The Labute approximate surface area is 204 Å². The largest absolute Gasteiger partial charge is 0.424 e. The van der Waals surface area contributed by atoms with Crippen molar-refractivity contribution in [1.82, 2.24) is 24.5 Å². The second kappa shape index (κ2) is 9.76. The number of rotatable bonds is 9. The summed E-state index contributed by atoms with van der Waals surface area (Å²) in [5.41, 5.74) is 2.05. The second-order valence-electron chi connectivity index (χ2n) is 8.10. The highest BCUT2D eigenvalue weighted by atomic mass is 32.1. The van der Waals surface area contributed by atoms with Crippen LogP contribution >= 0.6 is 11.3 Å². The molecule has 0 bridgehead atoms. The fourth-order valence-corrected chi connectivity index (χ4v) is 4.33. The molecule has 0 aromatic carbocycles. The van der Waals surface area contributed by atoms with E-state index in [9.17, 15) is 9.59 Å². The third-order valence-corrected chi connectivity index (χ3v) is 6.19. The van der Waals surface area contributed by atoms with Crippen molar-refractivity contribution in [3.05, 3.63) is 52.7 Å². The van der Waals surface area contributed by atoms with Gasteiger partial charge in [0.25, 0.3) is 5.56 Å². The summed E-state index contributed by atoms with van der Waals surface area (Å²) < 4.78 is 12.6. The van der Waals surface area contributed by atoms with E-state index in [-0.39, 0.29) is 17.5 Å². The van der Waals surface area contributed by atoms with Crippen LogP contribution in [-0.2, 0) is 16.1 Å². The minimum absolute atomic E-state index is 0.130. The molecule has 0 unspecified atom stereocenters. The van der Waals surface area contributed by atoms with Gasteiger partial charge in [-0.3, -0.25) is 9.59 Å². The van der Waals surface area contributed by atoms with Crippen molar-refractivity contribution < 1.29 is 14.3 Å². The Morgan fingerprint density at radius 2 is 2.11 bits per heavy atom. The van der Waals surface area contributed by atoms with Crippen LogP contribution in [0, 0.1) is 0 Å². The number of thiazole rings is 1. The number of methoxy groups -OCH3 is 1. The van der Waals surface area contributed by atoms with E-state index in [4.69, 9.17) is 9.47 Å². The lowest BCUT2D eigenvalue weighted by Gasteiger charge is -2.11. The van der Waals surface area contributed by atoms with Gasteiger partial charge in [-0.1, -0.05) is 11.3 Å². The third kappa shape index (κ3) is 5.44. The summed E-state index contributed by atoms with van der Waals surface area (Å²) in [5, 5.41) is 6.31. The molecule has 35 heavy (non-hydrogen) atoms. The SMILES string of the molecule is COCCn1cc(C2CC2)cc(Nc2nc3cnc(Oc4ccnc(NC(C)=O)c4)nc3s2)c1=O. The van der Waals surface area contributed by atoms with Crippen LogP contribution in [0.15, 0.2) is 41.6 Å². The highest BCUT2D eigenvalue weighted by Crippen LogP contribution is 2.40. The molecule has 0 saturated heterocycles. The Bertz CT molecular complexity index is 1450. The summed E-state index contributed by atoms with van der Waals surface area (Å²) in [7, 11) is 1.62. The number of hydrogen-bond donors (Lipinski definition) is 2. The summed E-state index contributed by atoms with van der Waals surface area (Å²) in [5.74, 6) is 1.06. The first kappa shape index (κ1) is 22.9. The smallest absolute Gasteiger partial charge is 0.323 e. The molecule has 11 nitrogen and oxygen atoms in total. The topological polar surface area (TPSA) is 133 Å². The van der Waals surface area contributed by atoms with E-state index >= 15 is 0 Å². The molecule has 4 heterocycles. The van der Waals surface area contributed by atoms with Gasteiger partial charge < -0.3 is 24.7 Å². The molecule has 0 aliphatic heterocycles. The first-order chi connectivity index (χ1) is 17.0. The Hall–Kier alpha value is -3.90. The lowest BCUT2D eigenvalue weighted by atomic mass is 10.2. The Morgan fingerprint density at radius 1 is 1.26 bits per heavy atom. The van der Waals surface area contributed by atoms with E-state index in [0.717, 1.165) is 18.4 Å². The molecule has 5 rings (SSSR count). The van der Waals surface area contributed by atoms with Crippen molar-refractivity contribution in [2.24, 2.45) is 0 Å². The van der Waals surface area contributed by atoms with E-state index in [1.54, 1.807) is 30.0 Å². The number of ether oxygens (including phenoxy) is 2. The number of carbonyl (C=O) groups excluding carboxylic acids is 1. The molecule has 1 aliphatic carbocycles. The maximum absolute atomic E-state index is 13.0. The monoisotopic (exact) mass is 493 g/mol. The summed E-state index contributed by atoms with van der Waals surface area (Å²) in [6, 6.07) is 5.26. The summed E-state index contributed by atoms with van der Waals surface area (Å²) in [4.78, 5) is 42.1. The van der Waals surface area contributed by atoms with Crippen LogP contribution in [0.3, 0.4) is 0 Å². The summed E-state index contributed by atoms with van der Waals surface area (Å²) in [6.07, 6.45) is 7.26. The fraction of sp³-hybridized carbons (Fsp3) is 0.304. The van der Waals surface area contributed by atoms with E-state index in [1.807, 2.05) is 12.3 Å². The average Bonchev–Trinajstić information content (AvgIpc) is 3.59. The standard InChI is InChI=1S/C23H23N7O4S/c1-13(31)26-19-10-16(5-6-24-19)34-22-25-11-18-20(29-22)35-23(28-18)27-17-9-15(14-3-4-14)12-30(21(17)32)7-8-33-2/h5-6,9-12,14H,3-4,7-8H2,1-2H3,(H,27,28)(H,24,26,31). The van der Waals surface area contributed by atoms with E-state index in [0.29, 0.717) is 51.8 Å². The molecule has 0 spiro atoms. The van der Waals surface area contributed by atoms with Gasteiger partial charge in [0.1, 0.15) is 22.8 Å². The Balaban J connectivity index is 1.38. The van der Waals surface area contributed by atoms with Crippen molar-refractivity contribution in [2.75, 3.05) is 24.4 Å². The third-order valence-electron chi connectivity index (χ3n) is 5.31. The van der Waals surface area contributed by atoms with E-state index in [1.165, 1.54) is 24.5 Å². The average molecular weight is 494 g/mol. The molecule has 2 N–H and O–H groups in total. The van der Waals surface area contributed by atoms with Crippen molar-refractivity contribution in [3.8, 4) is 11.8 Å². The van der Waals surface area contributed by atoms with Gasteiger partial charge in [-0.2, -0.15) is 4.98 Å². The first-order valence-electron chi connectivity index (χ1n) is 11.0. The van der Waals surface area contributed by atoms with Gasteiger partial charge in [0.2, 0.25) is 5.91 Å². The van der Waals surface area contributed by atoms with Gasteiger partial charge in [0, 0.05) is 39.0 Å². The highest BCUT2D eigenvalue weighted by Gasteiger charge is 2.25. The van der Waals surface area contributed by atoms with Crippen LogP contribution in [0.5, 0.6) is 11.8 Å². The maximum Gasteiger partial charge on any atom is 0.323 e. The van der Waals surface area contributed by atoms with Crippen LogP contribution in [0.2, 0.25) is 0 Å². The minimum Gasteiger partial charge on any atom is -0.424 e. The molecule has 1 fully saturated rings. The Morgan fingerprint density at radius 3 is 2.89 bits per heavy atom. The highest BCUT2D eigenvalue weighted by molar-refractivity contribution is 7.21. The number of fused-ring (bicyclic) bond motifs is 1. The zero-order valence-electron chi connectivity index (χ0n) is 19.1. The molecular formula is C23H23N7O4S. The lowest BCUT2D eigenvalue weighted by molar-refractivity contribution is -0.114. The molecule has 4 aromatic heterocycles. The number of aromatic nitrogens is 5. The van der Waals surface area contributed by atoms with Gasteiger partial charge in [-0.25, -0.2) is 15.0 Å². The molecule has 0 radical (unpaired) electrons. The van der Waals surface area contributed by atoms with Gasteiger partial charge in [-0.15, -0.1) is 0 Å². The van der Waals surface area contributed by atoms with E-state index < -0.39 is 0 Å². The number of pyridine rings is 2. The van der Waals surface area contributed by atoms with Crippen molar-refractivity contribution in [3.63, 3.8) is 0 Å². The van der Waals surface area contributed by atoms with E-state index in [2.05, 4.69) is 30.6 Å². The van der Waals surface area contributed by atoms with Gasteiger partial charge in [-0.05, 0) is 36.5 Å². The minimum atomic E-state index is -0.231. The van der Waals surface area contributed by atoms with Gasteiger partial charge >= 0.3 is 6.01 Å². The zero-order valence-corrected chi connectivity index (χ0v) is 20.0. The van der Waals surface area contributed by atoms with Crippen LogP contribution in [-0.4, -0.2) is 44.1 Å². The Kier molecular flexibility index (Phi) is 6.38. The lowest BCUT2D eigenvalue weighted by Crippen LogP contribution is -2.24. The number of carbonyl (C=O) groups is 1. The number of amides is 1. The number of hydrogen-bond acceptors (Lipinski definition) is 10. The van der Waals surface area contributed by atoms with Gasteiger partial charge in [0.15, 0.2) is 9.96 Å². The molecule has 0 atom stereocenters. The number of nitrogens with zero attached hydrogens (tertiary/aromatic N) is 5. The normalized spacial score (nSPS) is 13.1. The molecule has 1 amide bonds. The number of nitrogens with one attached hydrogen (secondary N) is 2. The molecular weight excluding hydrogens is 470 g/mol. The van der Waals surface area contributed by atoms with Crippen LogP contribution in [0.1, 0.15) is 31.2 Å². The second-order valence-corrected chi connectivity index (χ2v) is 9.08. The van der Waals surface area contributed by atoms with Crippen LogP contribution in [0.25, 0.3) is 10.3 Å². The summed E-state index contributed by atoms with van der Waals surface area (Å²) in [6.45, 7) is 2.34. The molecule has 180 valence electrons. The van der Waals surface area contributed by atoms with Gasteiger partial charge in [0.05, 0.1) is 12.8 Å². The predicted octanol–water partition coefficient (Wildman–Crippen LogP) is 3.66. The molecule has 1 saturated carbocycles. The summed E-state index contributed by atoms with van der Waals surface area (Å²) >= 11 is 1.30. The first-order valence-corrected chi connectivity index (χ1v) is 11.9. The zero-order chi connectivity index (χ0) is 24.4. The van der Waals surface area contributed by atoms with Crippen LogP contribution in [0.4, 0.5) is 16.6 Å². The van der Waals surface area contributed by atoms with Crippen LogP contribution < -0.4 is 20.9 Å². The fourth-order valence-electron chi connectivity index (χ4n) is 3.51. The molecule has 1 aliphatic rings. The quantitative estimate of drug-likeness (QED) is 0.358. The van der Waals surface area contributed by atoms with Crippen molar-refractivity contribution in [1.29, 1.82) is 0 Å². The molecule has 4 aromatic rings. The molecule has 12 heteroatoms. The van der Waals surface area contributed by atoms with Crippen molar-refractivity contribution in [2.45, 2.75) is 32.2 Å².